The molecule has 2 unspecified atom stereocenters. The number of hydrogen-bond acceptors (Lipinski definition) is 4. The Bertz CT molecular complexity index is 1470. The summed E-state index contributed by atoms with van der Waals surface area (Å²) in [5, 5.41) is 2.31. The maximum Gasteiger partial charge on any atom is 0.146 e. The molecule has 0 saturated carbocycles. The molecule has 0 amide bonds. The summed E-state index contributed by atoms with van der Waals surface area (Å²) >= 11 is 0. The minimum Gasteiger partial charge on any atom is -0.338 e. The van der Waals surface area contributed by atoms with Crippen LogP contribution in [0.5, 0.6) is 0 Å². The number of nitrogens with zero attached hydrogens (tertiary/aromatic N) is 2. The van der Waals surface area contributed by atoms with E-state index >= 15 is 0 Å². The van der Waals surface area contributed by atoms with Crippen molar-refractivity contribution in [1.82, 2.24) is 19.9 Å². The SMILES string of the molecule is Cc1cc2cc(-c3ccc(-c4cnc(PC=O)[nH]4)cc3)ccc2cc1-c1cnc(PC=O)[nH]1. The fourth-order valence-corrected chi connectivity index (χ4v) is 4.82. The number of fused-ring (bicyclic) bond motifs is 1. The standard InChI is InChI=1S/C25H20N4O2P2/c1-15-8-20-9-18(6-7-19(20)10-21(15)23-12-27-25(29-23)33-14-31)16-2-4-17(5-3-16)22-11-26-24(28-22)32-13-30/h2-14,32-33H,1H3,(H,26,28)(H,27,29). The number of aryl methyl sites for hydroxylation is 1. The maximum absolute atomic E-state index is 10.8. The van der Waals surface area contributed by atoms with Crippen molar-refractivity contribution >= 4 is 51.1 Å². The lowest BCUT2D eigenvalue weighted by Crippen LogP contribution is -1.98. The molecule has 2 aromatic heterocycles. The van der Waals surface area contributed by atoms with Gasteiger partial charge in [-0.05, 0) is 52.1 Å². The number of H-pyrrole nitrogens is 2. The number of aromatic amines is 2. The van der Waals surface area contributed by atoms with Gasteiger partial charge in [0.15, 0.2) is 0 Å². The van der Waals surface area contributed by atoms with Crippen LogP contribution in [0.2, 0.25) is 0 Å². The molecule has 2 N–H and O–H groups in total. The van der Waals surface area contributed by atoms with Gasteiger partial charge in [0.25, 0.3) is 0 Å². The largest absolute Gasteiger partial charge is 0.338 e. The summed E-state index contributed by atoms with van der Waals surface area (Å²) in [5.41, 5.74) is 8.77. The second-order valence-corrected chi connectivity index (χ2v) is 9.62. The van der Waals surface area contributed by atoms with Gasteiger partial charge in [0.1, 0.15) is 23.2 Å². The number of benzene rings is 3. The molecule has 162 valence electrons. The summed E-state index contributed by atoms with van der Waals surface area (Å²) in [5.74, 6) is 0. The van der Waals surface area contributed by atoms with Crippen LogP contribution in [0, 0.1) is 6.92 Å². The Morgan fingerprint density at radius 1 is 0.697 bits per heavy atom. The van der Waals surface area contributed by atoms with Crippen molar-refractivity contribution in [2.75, 3.05) is 0 Å². The summed E-state index contributed by atoms with van der Waals surface area (Å²) in [6, 6.07) is 20.9. The number of aromatic nitrogens is 4. The average molecular weight is 470 g/mol. The second-order valence-electron chi connectivity index (χ2n) is 7.62. The highest BCUT2D eigenvalue weighted by atomic mass is 31.1. The predicted molar refractivity (Wildman–Crippen MR) is 139 cm³/mol. The van der Waals surface area contributed by atoms with Crippen LogP contribution in [-0.4, -0.2) is 32.0 Å². The summed E-state index contributed by atoms with van der Waals surface area (Å²) in [6.07, 6.45) is 3.55. The summed E-state index contributed by atoms with van der Waals surface area (Å²) < 4.78 is 0. The first-order chi connectivity index (χ1) is 16.1. The Labute approximate surface area is 193 Å². The van der Waals surface area contributed by atoms with Gasteiger partial charge >= 0.3 is 0 Å². The minimum atomic E-state index is 0.0374. The molecule has 5 aromatic rings. The zero-order valence-corrected chi connectivity index (χ0v) is 19.7. The fourth-order valence-electron chi connectivity index (χ4n) is 3.91. The highest BCUT2D eigenvalue weighted by Gasteiger charge is 2.10. The van der Waals surface area contributed by atoms with E-state index in [0.29, 0.717) is 11.1 Å². The van der Waals surface area contributed by atoms with E-state index in [1.807, 2.05) is 0 Å². The van der Waals surface area contributed by atoms with Crippen molar-refractivity contribution < 1.29 is 9.59 Å². The van der Waals surface area contributed by atoms with E-state index in [1.165, 1.54) is 5.39 Å². The lowest BCUT2D eigenvalue weighted by Gasteiger charge is -2.09. The topological polar surface area (TPSA) is 91.5 Å². The van der Waals surface area contributed by atoms with Crippen molar-refractivity contribution in [3.8, 4) is 33.6 Å². The van der Waals surface area contributed by atoms with Crippen molar-refractivity contribution in [3.05, 3.63) is 72.6 Å². The van der Waals surface area contributed by atoms with E-state index in [4.69, 9.17) is 0 Å². The van der Waals surface area contributed by atoms with E-state index in [2.05, 4.69) is 81.5 Å². The number of nitrogens with one attached hydrogen (secondary N) is 2. The zero-order valence-electron chi connectivity index (χ0n) is 17.7. The fraction of sp³-hybridized carbons (Fsp3) is 0.0400. The first-order valence-corrected chi connectivity index (χ1v) is 12.5. The highest BCUT2D eigenvalue weighted by molar-refractivity contribution is 7.62. The third-order valence-electron chi connectivity index (χ3n) is 5.55. The van der Waals surface area contributed by atoms with Crippen LogP contribution in [0.4, 0.5) is 0 Å². The van der Waals surface area contributed by atoms with E-state index < -0.39 is 0 Å². The quantitative estimate of drug-likeness (QED) is 0.269. The second kappa shape index (κ2) is 9.19. The minimum absolute atomic E-state index is 0.0374. The molecule has 2 atom stereocenters. The Kier molecular flexibility index (Phi) is 5.95. The molecule has 0 bridgehead atoms. The maximum atomic E-state index is 10.8. The van der Waals surface area contributed by atoms with E-state index in [9.17, 15) is 9.59 Å². The lowest BCUT2D eigenvalue weighted by molar-refractivity contribution is 0.569. The first kappa shape index (κ1) is 21.4. The third-order valence-corrected chi connectivity index (χ3v) is 6.84. The van der Waals surface area contributed by atoms with Gasteiger partial charge in [0.05, 0.1) is 23.8 Å². The summed E-state index contributed by atoms with van der Waals surface area (Å²) in [4.78, 5) is 36.4. The van der Waals surface area contributed by atoms with Crippen LogP contribution in [0.15, 0.2) is 67.0 Å². The molecule has 0 fully saturated rings. The van der Waals surface area contributed by atoms with Gasteiger partial charge in [-0.2, -0.15) is 0 Å². The number of carbonyl (C=O) groups excluding carboxylic acids is 2. The first-order valence-electron chi connectivity index (χ1n) is 10.3. The van der Waals surface area contributed by atoms with Crippen LogP contribution in [0.3, 0.4) is 0 Å². The molecule has 3 aromatic carbocycles. The molecule has 0 aliphatic rings. The Balaban J connectivity index is 1.44. The summed E-state index contributed by atoms with van der Waals surface area (Å²) in [7, 11) is 0.0790. The Morgan fingerprint density at radius 3 is 2.00 bits per heavy atom. The third kappa shape index (κ3) is 4.41. The molecule has 0 spiro atoms. The average Bonchev–Trinajstić information content (AvgIpc) is 3.49. The molecule has 5 rings (SSSR count). The molecular weight excluding hydrogens is 450 g/mol. The predicted octanol–water partition coefficient (Wildman–Crippen LogP) is 4.58. The number of rotatable bonds is 7. The van der Waals surface area contributed by atoms with E-state index in [0.717, 1.165) is 56.6 Å². The van der Waals surface area contributed by atoms with Crippen LogP contribution >= 0.6 is 17.2 Å². The molecule has 2 heterocycles. The van der Waals surface area contributed by atoms with Gasteiger partial charge in [-0.25, -0.2) is 9.97 Å². The molecule has 0 aliphatic carbocycles. The van der Waals surface area contributed by atoms with Gasteiger partial charge in [-0.3, -0.25) is 9.59 Å². The van der Waals surface area contributed by atoms with Crippen molar-refractivity contribution in [2.24, 2.45) is 0 Å². The van der Waals surface area contributed by atoms with Crippen molar-refractivity contribution in [2.45, 2.75) is 6.92 Å². The van der Waals surface area contributed by atoms with E-state index in [-0.39, 0.29) is 17.2 Å². The number of carbonyl (C=O) groups is 2. The van der Waals surface area contributed by atoms with Gasteiger partial charge < -0.3 is 9.97 Å². The molecule has 0 saturated heterocycles. The normalized spacial score (nSPS) is 11.8. The highest BCUT2D eigenvalue weighted by Crippen LogP contribution is 2.31. The molecular formula is C25H20N4O2P2. The van der Waals surface area contributed by atoms with Gasteiger partial charge in [0.2, 0.25) is 0 Å². The Hall–Kier alpha value is -3.46. The molecule has 8 heteroatoms. The van der Waals surface area contributed by atoms with Crippen molar-refractivity contribution in [3.63, 3.8) is 0 Å². The molecule has 0 radical (unpaired) electrons. The van der Waals surface area contributed by atoms with Gasteiger partial charge in [-0.15, -0.1) is 0 Å². The van der Waals surface area contributed by atoms with Crippen LogP contribution in [0.1, 0.15) is 5.56 Å². The van der Waals surface area contributed by atoms with Crippen LogP contribution in [-0.2, 0) is 9.59 Å². The molecule has 33 heavy (non-hydrogen) atoms. The van der Waals surface area contributed by atoms with Gasteiger partial charge in [-0.1, -0.05) is 42.5 Å². The number of imidazole rings is 2. The summed E-state index contributed by atoms with van der Waals surface area (Å²) in [6.45, 7) is 2.09. The number of hydrogen-bond donors (Lipinski definition) is 2. The van der Waals surface area contributed by atoms with Crippen LogP contribution in [0.25, 0.3) is 44.4 Å². The molecule has 6 nitrogen and oxygen atoms in total. The molecule has 0 aliphatic heterocycles. The smallest absolute Gasteiger partial charge is 0.146 e. The Morgan fingerprint density at radius 2 is 1.30 bits per heavy atom. The van der Waals surface area contributed by atoms with E-state index in [1.54, 1.807) is 12.4 Å². The lowest BCUT2D eigenvalue weighted by atomic mass is 9.96. The zero-order chi connectivity index (χ0) is 22.8. The van der Waals surface area contributed by atoms with Crippen LogP contribution < -0.4 is 11.1 Å². The monoisotopic (exact) mass is 470 g/mol. The van der Waals surface area contributed by atoms with Gasteiger partial charge in [0, 0.05) is 22.7 Å². The van der Waals surface area contributed by atoms with Crippen molar-refractivity contribution in [1.29, 1.82) is 0 Å².